The number of hydrogen-bond acceptors (Lipinski definition) is 4. The molecule has 4 rings (SSSR count). The topological polar surface area (TPSA) is 69.0 Å². The Kier molecular flexibility index (Phi) is 5.03. The highest BCUT2D eigenvalue weighted by molar-refractivity contribution is 6.32. The van der Waals surface area contributed by atoms with Crippen molar-refractivity contribution in [3.8, 4) is 17.2 Å². The summed E-state index contributed by atoms with van der Waals surface area (Å²) in [4.78, 5) is 16.3. The number of carbonyl (C=O) groups is 1. The van der Waals surface area contributed by atoms with Gasteiger partial charge in [0.15, 0.2) is 0 Å². The number of ether oxygens (including phenoxy) is 1. The van der Waals surface area contributed by atoms with E-state index in [1.54, 1.807) is 59.5 Å². The van der Waals surface area contributed by atoms with Crippen LogP contribution in [0.5, 0.6) is 11.5 Å². The number of halogens is 1. The van der Waals surface area contributed by atoms with Gasteiger partial charge in [-0.15, -0.1) is 0 Å². The zero-order valence-corrected chi connectivity index (χ0v) is 15.4. The molecule has 6 nitrogen and oxygen atoms in total. The van der Waals surface area contributed by atoms with Gasteiger partial charge in [0.2, 0.25) is 0 Å². The lowest BCUT2D eigenvalue weighted by Gasteiger charge is -2.09. The van der Waals surface area contributed by atoms with Crippen molar-refractivity contribution in [3.05, 3.63) is 96.0 Å². The third-order valence-electron chi connectivity index (χ3n) is 3.99. The standard InChI is InChI=1S/C21H15ClN4O2/c22-19-3-1-2-4-20(19)28-18-11-7-16(8-12-18)25-21(27)15-5-9-17(10-6-15)26-14-23-13-24-26/h1-14H,(H,25,27). The molecule has 1 N–H and O–H groups in total. The summed E-state index contributed by atoms with van der Waals surface area (Å²) in [5.74, 6) is 1.00. The molecule has 1 heterocycles. The fourth-order valence-corrected chi connectivity index (χ4v) is 2.75. The minimum absolute atomic E-state index is 0.204. The van der Waals surface area contributed by atoms with Crippen molar-refractivity contribution in [2.24, 2.45) is 0 Å². The minimum atomic E-state index is -0.204. The van der Waals surface area contributed by atoms with Crippen molar-refractivity contribution >= 4 is 23.2 Å². The van der Waals surface area contributed by atoms with Gasteiger partial charge in [0, 0.05) is 11.3 Å². The Hall–Kier alpha value is -3.64. The van der Waals surface area contributed by atoms with E-state index in [4.69, 9.17) is 16.3 Å². The van der Waals surface area contributed by atoms with E-state index in [1.165, 1.54) is 6.33 Å². The molecule has 28 heavy (non-hydrogen) atoms. The molecule has 138 valence electrons. The van der Waals surface area contributed by atoms with Gasteiger partial charge in [-0.05, 0) is 60.7 Å². The molecule has 0 radical (unpaired) electrons. The number of hydrogen-bond donors (Lipinski definition) is 1. The van der Waals surface area contributed by atoms with Gasteiger partial charge in [-0.1, -0.05) is 23.7 Å². The van der Waals surface area contributed by atoms with Gasteiger partial charge in [-0.3, -0.25) is 4.79 Å². The average molecular weight is 391 g/mol. The van der Waals surface area contributed by atoms with E-state index in [-0.39, 0.29) is 5.91 Å². The number of nitrogens with zero attached hydrogens (tertiary/aromatic N) is 3. The highest BCUT2D eigenvalue weighted by atomic mass is 35.5. The van der Waals surface area contributed by atoms with Crippen LogP contribution in [0.2, 0.25) is 5.02 Å². The van der Waals surface area contributed by atoms with E-state index < -0.39 is 0 Å². The third kappa shape index (κ3) is 4.02. The van der Waals surface area contributed by atoms with E-state index in [1.807, 2.05) is 24.3 Å². The van der Waals surface area contributed by atoms with E-state index in [2.05, 4.69) is 15.4 Å². The van der Waals surface area contributed by atoms with Crippen LogP contribution in [0.25, 0.3) is 5.69 Å². The van der Waals surface area contributed by atoms with Crippen molar-refractivity contribution in [2.45, 2.75) is 0 Å². The molecule has 4 aromatic rings. The molecule has 3 aromatic carbocycles. The fourth-order valence-electron chi connectivity index (χ4n) is 2.57. The molecular weight excluding hydrogens is 376 g/mol. The van der Waals surface area contributed by atoms with Crippen molar-refractivity contribution in [2.75, 3.05) is 5.32 Å². The molecule has 1 amide bonds. The number of para-hydroxylation sites is 1. The first-order valence-corrected chi connectivity index (χ1v) is 8.86. The van der Waals surface area contributed by atoms with Crippen LogP contribution in [-0.2, 0) is 0 Å². The molecule has 0 aliphatic carbocycles. The van der Waals surface area contributed by atoms with Crippen LogP contribution >= 0.6 is 11.6 Å². The Balaban J connectivity index is 1.41. The van der Waals surface area contributed by atoms with Gasteiger partial charge in [0.05, 0.1) is 10.7 Å². The Morgan fingerprint density at radius 1 is 0.964 bits per heavy atom. The molecule has 0 atom stereocenters. The highest BCUT2D eigenvalue weighted by Crippen LogP contribution is 2.29. The molecule has 0 aliphatic rings. The summed E-state index contributed by atoms with van der Waals surface area (Å²) in [5, 5.41) is 7.45. The number of rotatable bonds is 5. The van der Waals surface area contributed by atoms with Crippen LogP contribution in [0, 0.1) is 0 Å². The lowest BCUT2D eigenvalue weighted by Crippen LogP contribution is -2.11. The van der Waals surface area contributed by atoms with Crippen LogP contribution in [0.15, 0.2) is 85.5 Å². The third-order valence-corrected chi connectivity index (χ3v) is 4.30. The molecule has 0 unspecified atom stereocenters. The number of carbonyl (C=O) groups excluding carboxylic acids is 1. The number of amides is 1. The Labute approximate surface area is 166 Å². The number of nitrogens with one attached hydrogen (secondary N) is 1. The average Bonchev–Trinajstić information content (AvgIpc) is 3.26. The summed E-state index contributed by atoms with van der Waals surface area (Å²) >= 11 is 6.09. The first kappa shape index (κ1) is 17.8. The van der Waals surface area contributed by atoms with Gasteiger partial charge >= 0.3 is 0 Å². The predicted molar refractivity (Wildman–Crippen MR) is 107 cm³/mol. The van der Waals surface area contributed by atoms with E-state index in [0.29, 0.717) is 27.8 Å². The second kappa shape index (κ2) is 7.94. The van der Waals surface area contributed by atoms with E-state index in [0.717, 1.165) is 5.69 Å². The van der Waals surface area contributed by atoms with Crippen LogP contribution in [0.1, 0.15) is 10.4 Å². The van der Waals surface area contributed by atoms with Crippen LogP contribution < -0.4 is 10.1 Å². The quantitative estimate of drug-likeness (QED) is 0.522. The van der Waals surface area contributed by atoms with Crippen LogP contribution in [0.4, 0.5) is 5.69 Å². The first-order valence-electron chi connectivity index (χ1n) is 8.48. The largest absolute Gasteiger partial charge is 0.456 e. The molecule has 0 fully saturated rings. The number of anilines is 1. The van der Waals surface area contributed by atoms with E-state index >= 15 is 0 Å². The predicted octanol–water partition coefficient (Wildman–Crippen LogP) is 4.97. The molecule has 0 aliphatic heterocycles. The summed E-state index contributed by atoms with van der Waals surface area (Å²) in [6.45, 7) is 0. The lowest BCUT2D eigenvalue weighted by molar-refractivity contribution is 0.102. The summed E-state index contributed by atoms with van der Waals surface area (Å²) in [7, 11) is 0. The molecule has 7 heteroatoms. The maximum Gasteiger partial charge on any atom is 0.255 e. The maximum atomic E-state index is 12.4. The summed E-state index contributed by atoms with van der Waals surface area (Å²) in [6.07, 6.45) is 3.06. The summed E-state index contributed by atoms with van der Waals surface area (Å²) in [5.41, 5.74) is 2.03. The Morgan fingerprint density at radius 2 is 1.71 bits per heavy atom. The summed E-state index contributed by atoms with van der Waals surface area (Å²) in [6, 6.07) is 21.4. The van der Waals surface area contributed by atoms with Gasteiger partial charge in [0.1, 0.15) is 24.2 Å². The van der Waals surface area contributed by atoms with Crippen LogP contribution in [0.3, 0.4) is 0 Å². The van der Waals surface area contributed by atoms with Crippen LogP contribution in [-0.4, -0.2) is 20.7 Å². The Morgan fingerprint density at radius 3 is 2.39 bits per heavy atom. The molecule has 0 saturated heterocycles. The zero-order chi connectivity index (χ0) is 19.3. The van der Waals surface area contributed by atoms with Gasteiger partial charge in [-0.25, -0.2) is 9.67 Å². The fraction of sp³-hybridized carbons (Fsp3) is 0. The summed E-state index contributed by atoms with van der Waals surface area (Å²) < 4.78 is 7.37. The van der Waals surface area contributed by atoms with Crippen molar-refractivity contribution in [1.29, 1.82) is 0 Å². The Bertz CT molecular complexity index is 1080. The normalized spacial score (nSPS) is 10.5. The van der Waals surface area contributed by atoms with Crippen molar-refractivity contribution < 1.29 is 9.53 Å². The van der Waals surface area contributed by atoms with E-state index in [9.17, 15) is 4.79 Å². The molecule has 0 spiro atoms. The van der Waals surface area contributed by atoms with Gasteiger partial charge < -0.3 is 10.1 Å². The smallest absolute Gasteiger partial charge is 0.255 e. The minimum Gasteiger partial charge on any atom is -0.456 e. The molecule has 0 saturated carbocycles. The highest BCUT2D eigenvalue weighted by Gasteiger charge is 2.08. The zero-order valence-electron chi connectivity index (χ0n) is 14.6. The maximum absolute atomic E-state index is 12.4. The second-order valence-electron chi connectivity index (χ2n) is 5.90. The lowest BCUT2D eigenvalue weighted by atomic mass is 10.2. The van der Waals surface area contributed by atoms with Gasteiger partial charge in [0.25, 0.3) is 5.91 Å². The first-order chi connectivity index (χ1) is 13.7. The molecule has 0 bridgehead atoms. The molecular formula is C21H15ClN4O2. The van der Waals surface area contributed by atoms with Crippen molar-refractivity contribution in [3.63, 3.8) is 0 Å². The van der Waals surface area contributed by atoms with Gasteiger partial charge in [-0.2, -0.15) is 5.10 Å². The second-order valence-corrected chi connectivity index (χ2v) is 6.31. The number of benzene rings is 3. The monoisotopic (exact) mass is 390 g/mol. The number of aromatic nitrogens is 3. The SMILES string of the molecule is O=C(Nc1ccc(Oc2ccccc2Cl)cc1)c1ccc(-n2cncn2)cc1. The molecule has 1 aromatic heterocycles. The van der Waals surface area contributed by atoms with Crippen molar-refractivity contribution in [1.82, 2.24) is 14.8 Å².